The van der Waals surface area contributed by atoms with E-state index in [1.807, 2.05) is 12.1 Å². The number of rotatable bonds is 4. The fraction of sp³-hybridized carbons (Fsp3) is 0.684. The molecule has 2 rings (SSSR count). The van der Waals surface area contributed by atoms with Gasteiger partial charge in [0.25, 0.3) is 0 Å². The number of benzene rings is 1. The van der Waals surface area contributed by atoms with Gasteiger partial charge in [-0.05, 0) is 56.1 Å². The van der Waals surface area contributed by atoms with E-state index in [9.17, 15) is 5.11 Å². The fourth-order valence-electron chi connectivity index (χ4n) is 3.62. The molecule has 2 heteroatoms. The summed E-state index contributed by atoms with van der Waals surface area (Å²) in [6.45, 7) is 9.05. The maximum atomic E-state index is 11.2. The van der Waals surface area contributed by atoms with Crippen LogP contribution < -0.4 is 4.74 Å². The first kappa shape index (κ1) is 16.4. The molecule has 1 aromatic carbocycles. The summed E-state index contributed by atoms with van der Waals surface area (Å²) in [5.74, 6) is 1.52. The Kier molecular flexibility index (Phi) is 4.67. The van der Waals surface area contributed by atoms with Crippen LogP contribution in [0.2, 0.25) is 0 Å². The third-order valence-electron chi connectivity index (χ3n) is 5.69. The van der Waals surface area contributed by atoms with Crippen LogP contribution in [0.4, 0.5) is 0 Å². The summed E-state index contributed by atoms with van der Waals surface area (Å²) in [5.41, 5.74) is 1.79. The highest BCUT2D eigenvalue weighted by Crippen LogP contribution is 2.48. The summed E-state index contributed by atoms with van der Waals surface area (Å²) in [4.78, 5) is 0. The minimum Gasteiger partial charge on any atom is -0.496 e. The monoisotopic (exact) mass is 290 g/mol. The second kappa shape index (κ2) is 6.00. The van der Waals surface area contributed by atoms with E-state index in [2.05, 4.69) is 33.8 Å². The molecule has 21 heavy (non-hydrogen) atoms. The van der Waals surface area contributed by atoms with Gasteiger partial charge in [-0.1, -0.05) is 38.8 Å². The summed E-state index contributed by atoms with van der Waals surface area (Å²) >= 11 is 0. The zero-order chi connectivity index (χ0) is 15.7. The summed E-state index contributed by atoms with van der Waals surface area (Å²) in [6.07, 6.45) is 5.05. The predicted molar refractivity (Wildman–Crippen MR) is 87.7 cm³/mol. The van der Waals surface area contributed by atoms with Crippen LogP contribution >= 0.6 is 0 Å². The highest BCUT2D eigenvalue weighted by molar-refractivity contribution is 5.41. The normalized spacial score (nSPS) is 26.7. The Morgan fingerprint density at radius 1 is 1.29 bits per heavy atom. The van der Waals surface area contributed by atoms with Crippen LogP contribution in [-0.2, 0) is 5.60 Å². The molecule has 0 bridgehead atoms. The van der Waals surface area contributed by atoms with E-state index < -0.39 is 5.60 Å². The van der Waals surface area contributed by atoms with Gasteiger partial charge in [0, 0.05) is 5.56 Å². The van der Waals surface area contributed by atoms with E-state index in [1.54, 1.807) is 7.11 Å². The zero-order valence-corrected chi connectivity index (χ0v) is 14.2. The number of aliphatic hydroxyl groups is 1. The van der Waals surface area contributed by atoms with Crippen molar-refractivity contribution < 1.29 is 9.84 Å². The first-order valence-corrected chi connectivity index (χ1v) is 8.20. The molecule has 0 spiro atoms. The average molecular weight is 290 g/mol. The van der Waals surface area contributed by atoms with Gasteiger partial charge in [-0.15, -0.1) is 0 Å². The standard InChI is InChI=1S/C19H30O2/c1-6-18(3,4)15-9-11-19(20,12-10-15)16-13-14(2)7-8-17(16)21-5/h7-8,13,15,20H,6,9-12H2,1-5H3. The zero-order valence-electron chi connectivity index (χ0n) is 14.2. The van der Waals surface area contributed by atoms with Gasteiger partial charge in [0.1, 0.15) is 5.75 Å². The molecule has 0 heterocycles. The van der Waals surface area contributed by atoms with Crippen molar-refractivity contribution in [3.8, 4) is 5.75 Å². The summed E-state index contributed by atoms with van der Waals surface area (Å²) in [5, 5.41) is 11.2. The Morgan fingerprint density at radius 2 is 1.90 bits per heavy atom. The molecule has 0 aliphatic heterocycles. The molecule has 2 nitrogen and oxygen atoms in total. The number of hydrogen-bond acceptors (Lipinski definition) is 2. The van der Waals surface area contributed by atoms with Gasteiger partial charge in [-0.25, -0.2) is 0 Å². The highest BCUT2D eigenvalue weighted by Gasteiger charge is 2.40. The molecule has 0 saturated heterocycles. The lowest BCUT2D eigenvalue weighted by molar-refractivity contribution is -0.0342. The van der Waals surface area contributed by atoms with Crippen molar-refractivity contribution >= 4 is 0 Å². The second-order valence-corrected chi connectivity index (χ2v) is 7.35. The maximum Gasteiger partial charge on any atom is 0.124 e. The molecule has 0 radical (unpaired) electrons. The Bertz CT molecular complexity index is 482. The van der Waals surface area contributed by atoms with E-state index >= 15 is 0 Å². The number of methoxy groups -OCH3 is 1. The van der Waals surface area contributed by atoms with Gasteiger partial charge in [0.2, 0.25) is 0 Å². The van der Waals surface area contributed by atoms with Crippen LogP contribution in [0.3, 0.4) is 0 Å². The van der Waals surface area contributed by atoms with Crippen LogP contribution in [-0.4, -0.2) is 12.2 Å². The molecule has 0 aromatic heterocycles. The van der Waals surface area contributed by atoms with Gasteiger partial charge in [0.15, 0.2) is 0 Å². The molecular formula is C19H30O2. The lowest BCUT2D eigenvalue weighted by atomic mass is 9.65. The van der Waals surface area contributed by atoms with E-state index in [0.29, 0.717) is 11.3 Å². The highest BCUT2D eigenvalue weighted by atomic mass is 16.5. The minimum atomic E-state index is -0.725. The largest absolute Gasteiger partial charge is 0.496 e. The molecule has 0 unspecified atom stereocenters. The lowest BCUT2D eigenvalue weighted by Crippen LogP contribution is -2.36. The van der Waals surface area contributed by atoms with E-state index in [1.165, 1.54) is 12.0 Å². The summed E-state index contributed by atoms with van der Waals surface area (Å²) in [7, 11) is 1.68. The molecule has 118 valence electrons. The Labute approximate surface area is 129 Å². The van der Waals surface area contributed by atoms with Crippen molar-refractivity contribution in [3.05, 3.63) is 29.3 Å². The maximum absolute atomic E-state index is 11.2. The molecular weight excluding hydrogens is 260 g/mol. The first-order valence-electron chi connectivity index (χ1n) is 8.20. The van der Waals surface area contributed by atoms with Gasteiger partial charge in [-0.2, -0.15) is 0 Å². The number of aryl methyl sites for hydroxylation is 1. The van der Waals surface area contributed by atoms with Crippen molar-refractivity contribution in [1.29, 1.82) is 0 Å². The van der Waals surface area contributed by atoms with Crippen molar-refractivity contribution in [1.82, 2.24) is 0 Å². The smallest absolute Gasteiger partial charge is 0.124 e. The Balaban J connectivity index is 2.21. The summed E-state index contributed by atoms with van der Waals surface area (Å²) < 4.78 is 5.47. The van der Waals surface area contributed by atoms with E-state index in [-0.39, 0.29) is 0 Å². The number of ether oxygens (including phenoxy) is 1. The summed E-state index contributed by atoms with van der Waals surface area (Å²) in [6, 6.07) is 6.10. The van der Waals surface area contributed by atoms with Crippen LogP contribution in [0, 0.1) is 18.3 Å². The second-order valence-electron chi connectivity index (χ2n) is 7.35. The molecule has 1 saturated carbocycles. The first-order chi connectivity index (χ1) is 9.82. The molecule has 0 amide bonds. The van der Waals surface area contributed by atoms with Crippen molar-refractivity contribution in [2.24, 2.45) is 11.3 Å². The van der Waals surface area contributed by atoms with Crippen molar-refractivity contribution in [2.75, 3.05) is 7.11 Å². The van der Waals surface area contributed by atoms with Gasteiger partial charge in [0.05, 0.1) is 12.7 Å². The SMILES string of the molecule is CCC(C)(C)C1CCC(O)(c2cc(C)ccc2OC)CC1. The quantitative estimate of drug-likeness (QED) is 0.861. The van der Waals surface area contributed by atoms with E-state index in [0.717, 1.165) is 37.0 Å². The average Bonchev–Trinajstić information content (AvgIpc) is 2.47. The molecule has 1 aliphatic rings. The van der Waals surface area contributed by atoms with Crippen molar-refractivity contribution in [3.63, 3.8) is 0 Å². The molecule has 1 fully saturated rings. The molecule has 0 atom stereocenters. The fourth-order valence-corrected chi connectivity index (χ4v) is 3.62. The third kappa shape index (κ3) is 3.26. The van der Waals surface area contributed by atoms with Crippen LogP contribution in [0.25, 0.3) is 0 Å². The molecule has 1 N–H and O–H groups in total. The van der Waals surface area contributed by atoms with Crippen LogP contribution in [0.5, 0.6) is 5.75 Å². The third-order valence-corrected chi connectivity index (χ3v) is 5.69. The van der Waals surface area contributed by atoms with Gasteiger partial charge in [-0.3, -0.25) is 0 Å². The van der Waals surface area contributed by atoms with Crippen LogP contribution in [0.15, 0.2) is 18.2 Å². The Morgan fingerprint density at radius 3 is 2.43 bits per heavy atom. The lowest BCUT2D eigenvalue weighted by Gasteiger charge is -2.43. The topological polar surface area (TPSA) is 29.5 Å². The number of hydrogen-bond donors (Lipinski definition) is 1. The predicted octanol–water partition coefficient (Wildman–Crippen LogP) is 4.82. The Hall–Kier alpha value is -1.02. The van der Waals surface area contributed by atoms with Crippen LogP contribution in [0.1, 0.15) is 64.0 Å². The van der Waals surface area contributed by atoms with Gasteiger partial charge < -0.3 is 9.84 Å². The van der Waals surface area contributed by atoms with Crippen molar-refractivity contribution in [2.45, 2.75) is 65.4 Å². The minimum absolute atomic E-state index is 0.373. The van der Waals surface area contributed by atoms with Gasteiger partial charge >= 0.3 is 0 Å². The molecule has 1 aromatic rings. The van der Waals surface area contributed by atoms with E-state index in [4.69, 9.17) is 4.74 Å². The molecule has 1 aliphatic carbocycles.